The molecule has 0 atom stereocenters. The fourth-order valence-electron chi connectivity index (χ4n) is 3.10. The molecule has 0 saturated carbocycles. The summed E-state index contributed by atoms with van der Waals surface area (Å²) in [5.74, 6) is 0.332. The van der Waals surface area contributed by atoms with Crippen LogP contribution in [0.4, 0.5) is 4.39 Å². The van der Waals surface area contributed by atoms with E-state index < -0.39 is 0 Å². The maximum Gasteiger partial charge on any atom is 0.283 e. The molecule has 154 valence electrons. The molecule has 0 aliphatic carbocycles. The Morgan fingerprint density at radius 2 is 1.94 bits per heavy atom. The summed E-state index contributed by atoms with van der Waals surface area (Å²) in [7, 11) is 0. The zero-order valence-corrected chi connectivity index (χ0v) is 17.4. The van der Waals surface area contributed by atoms with Crippen LogP contribution in [0.15, 0.2) is 68.6 Å². The van der Waals surface area contributed by atoms with Crippen molar-refractivity contribution in [2.45, 2.75) is 13.1 Å². The van der Waals surface area contributed by atoms with E-state index in [0.29, 0.717) is 17.0 Å². The molecular formula is C20H13BrFN7O2. The first-order valence-corrected chi connectivity index (χ1v) is 9.98. The van der Waals surface area contributed by atoms with Crippen LogP contribution in [-0.4, -0.2) is 34.7 Å². The van der Waals surface area contributed by atoms with Crippen LogP contribution in [0.5, 0.6) is 0 Å². The molecule has 0 amide bonds. The van der Waals surface area contributed by atoms with Crippen molar-refractivity contribution in [3.63, 3.8) is 0 Å². The Balaban J connectivity index is 1.41. The van der Waals surface area contributed by atoms with Gasteiger partial charge in [-0.1, -0.05) is 38.4 Å². The molecule has 9 nitrogen and oxygen atoms in total. The smallest absolute Gasteiger partial charge is 0.283 e. The number of hydrogen-bond acceptors (Lipinski definition) is 7. The molecule has 11 heteroatoms. The summed E-state index contributed by atoms with van der Waals surface area (Å²) in [6.45, 7) is 0.285. The van der Waals surface area contributed by atoms with Gasteiger partial charge in [0.1, 0.15) is 18.7 Å². The van der Waals surface area contributed by atoms with Gasteiger partial charge in [0, 0.05) is 10.0 Å². The van der Waals surface area contributed by atoms with Crippen molar-refractivity contribution in [3.05, 3.63) is 87.0 Å². The number of fused-ring (bicyclic) bond motifs is 1. The summed E-state index contributed by atoms with van der Waals surface area (Å²) < 4.78 is 22.4. The lowest BCUT2D eigenvalue weighted by Crippen LogP contribution is -2.21. The molecule has 0 saturated heterocycles. The lowest BCUT2D eigenvalue weighted by Gasteiger charge is -2.03. The van der Waals surface area contributed by atoms with E-state index >= 15 is 0 Å². The van der Waals surface area contributed by atoms with Gasteiger partial charge in [-0.2, -0.15) is 4.98 Å². The van der Waals surface area contributed by atoms with Gasteiger partial charge < -0.3 is 4.52 Å². The third kappa shape index (κ3) is 3.87. The second-order valence-electron chi connectivity index (χ2n) is 6.75. The van der Waals surface area contributed by atoms with Crippen molar-refractivity contribution in [3.8, 4) is 11.4 Å². The van der Waals surface area contributed by atoms with E-state index in [-0.39, 0.29) is 35.9 Å². The van der Waals surface area contributed by atoms with Gasteiger partial charge in [-0.05, 0) is 42.0 Å². The Labute approximate surface area is 182 Å². The third-order valence-corrected chi connectivity index (χ3v) is 5.12. The van der Waals surface area contributed by atoms with Gasteiger partial charge in [-0.15, -0.1) is 5.10 Å². The van der Waals surface area contributed by atoms with Gasteiger partial charge in [0.05, 0.1) is 6.54 Å². The number of nitrogens with zero attached hydrogens (tertiary/aromatic N) is 7. The predicted octanol–water partition coefficient (Wildman–Crippen LogP) is 3.04. The number of hydrogen-bond donors (Lipinski definition) is 0. The molecule has 31 heavy (non-hydrogen) atoms. The molecule has 0 aliphatic heterocycles. The van der Waals surface area contributed by atoms with Gasteiger partial charge >= 0.3 is 0 Å². The summed E-state index contributed by atoms with van der Waals surface area (Å²) in [6.07, 6.45) is 1.37. The summed E-state index contributed by atoms with van der Waals surface area (Å²) in [5, 5.41) is 11.9. The maximum absolute atomic E-state index is 13.4. The Hall–Kier alpha value is -3.73. The topological polar surface area (TPSA) is 105 Å². The lowest BCUT2D eigenvalue weighted by molar-refractivity contribution is 0.369. The first kappa shape index (κ1) is 19.2. The van der Waals surface area contributed by atoms with Gasteiger partial charge in [0.25, 0.3) is 5.56 Å². The maximum atomic E-state index is 13.4. The SMILES string of the molecule is O=c1c2nnn(Cc3cccc(F)c3)c2ncn1Cc1nc(-c2ccc(Br)cc2)no1. The molecule has 0 unspecified atom stereocenters. The van der Waals surface area contributed by atoms with E-state index in [0.717, 1.165) is 10.0 Å². The predicted molar refractivity (Wildman–Crippen MR) is 112 cm³/mol. The van der Waals surface area contributed by atoms with Crippen molar-refractivity contribution in [1.82, 2.24) is 34.7 Å². The zero-order chi connectivity index (χ0) is 21.4. The minimum atomic E-state index is -0.390. The summed E-state index contributed by atoms with van der Waals surface area (Å²) >= 11 is 3.38. The average Bonchev–Trinajstić information content (AvgIpc) is 3.39. The number of rotatable bonds is 5. The average molecular weight is 482 g/mol. The molecule has 0 aliphatic rings. The Bertz CT molecular complexity index is 1440. The van der Waals surface area contributed by atoms with Crippen LogP contribution < -0.4 is 5.56 Å². The largest absolute Gasteiger partial charge is 0.337 e. The normalized spacial score (nSPS) is 11.3. The van der Waals surface area contributed by atoms with Crippen LogP contribution >= 0.6 is 15.9 Å². The standard InChI is InChI=1S/C20H13BrFN7O2/c21-14-6-4-13(5-7-14)18-24-16(31-26-18)10-28-11-23-19-17(20(28)30)25-27-29(19)9-12-2-1-3-15(22)8-12/h1-8,11H,9-10H2. The van der Waals surface area contributed by atoms with E-state index in [2.05, 4.69) is 41.4 Å². The van der Waals surface area contributed by atoms with Crippen LogP contribution in [0, 0.1) is 5.82 Å². The molecule has 0 spiro atoms. The Kier molecular flexibility index (Phi) is 4.86. The monoisotopic (exact) mass is 481 g/mol. The van der Waals surface area contributed by atoms with E-state index in [1.807, 2.05) is 24.3 Å². The highest BCUT2D eigenvalue weighted by Gasteiger charge is 2.15. The first-order chi connectivity index (χ1) is 15.1. The molecule has 3 heterocycles. The summed E-state index contributed by atoms with van der Waals surface area (Å²) in [4.78, 5) is 21.5. The van der Waals surface area contributed by atoms with Crippen molar-refractivity contribution in [2.75, 3.05) is 0 Å². The van der Waals surface area contributed by atoms with Crippen LogP contribution in [0.2, 0.25) is 0 Å². The molecular weight excluding hydrogens is 469 g/mol. The van der Waals surface area contributed by atoms with Crippen LogP contribution in [0.1, 0.15) is 11.5 Å². The molecule has 3 aromatic heterocycles. The van der Waals surface area contributed by atoms with Crippen molar-refractivity contribution in [1.29, 1.82) is 0 Å². The van der Waals surface area contributed by atoms with E-state index in [1.54, 1.807) is 12.1 Å². The molecule has 0 bridgehead atoms. The third-order valence-electron chi connectivity index (χ3n) is 4.59. The fourth-order valence-corrected chi connectivity index (χ4v) is 3.36. The van der Waals surface area contributed by atoms with E-state index in [1.165, 1.54) is 27.7 Å². The van der Waals surface area contributed by atoms with Gasteiger partial charge in [0.15, 0.2) is 11.2 Å². The van der Waals surface area contributed by atoms with Crippen LogP contribution in [0.3, 0.4) is 0 Å². The Morgan fingerprint density at radius 1 is 1.10 bits per heavy atom. The van der Waals surface area contributed by atoms with Crippen LogP contribution in [-0.2, 0) is 13.1 Å². The molecule has 5 rings (SSSR count). The second-order valence-corrected chi connectivity index (χ2v) is 7.66. The highest BCUT2D eigenvalue weighted by molar-refractivity contribution is 9.10. The minimum Gasteiger partial charge on any atom is -0.337 e. The molecule has 5 aromatic rings. The second kappa shape index (κ2) is 7.84. The molecule has 0 fully saturated rings. The minimum absolute atomic E-state index is 0.0437. The van der Waals surface area contributed by atoms with Gasteiger partial charge in [0.2, 0.25) is 11.7 Å². The number of benzene rings is 2. The number of halogens is 2. The quantitative estimate of drug-likeness (QED) is 0.379. The fraction of sp³-hybridized carbons (Fsp3) is 0.100. The van der Waals surface area contributed by atoms with Crippen LogP contribution in [0.25, 0.3) is 22.6 Å². The van der Waals surface area contributed by atoms with Crippen molar-refractivity contribution >= 4 is 27.1 Å². The summed E-state index contributed by atoms with van der Waals surface area (Å²) in [5.41, 5.74) is 1.50. The van der Waals surface area contributed by atoms with Gasteiger partial charge in [-0.3, -0.25) is 9.36 Å². The molecule has 0 N–H and O–H groups in total. The first-order valence-electron chi connectivity index (χ1n) is 9.18. The Morgan fingerprint density at radius 3 is 2.74 bits per heavy atom. The zero-order valence-electron chi connectivity index (χ0n) is 15.8. The molecule has 2 aromatic carbocycles. The van der Waals surface area contributed by atoms with Crippen molar-refractivity contribution in [2.24, 2.45) is 0 Å². The van der Waals surface area contributed by atoms with Gasteiger partial charge in [-0.25, -0.2) is 14.1 Å². The van der Waals surface area contributed by atoms with E-state index in [4.69, 9.17) is 4.52 Å². The highest BCUT2D eigenvalue weighted by atomic mass is 79.9. The molecule has 0 radical (unpaired) electrons. The van der Waals surface area contributed by atoms with E-state index in [9.17, 15) is 9.18 Å². The summed E-state index contributed by atoms with van der Waals surface area (Å²) in [6, 6.07) is 13.6. The highest BCUT2D eigenvalue weighted by Crippen LogP contribution is 2.19. The number of aromatic nitrogens is 7. The lowest BCUT2D eigenvalue weighted by atomic mass is 10.2. The van der Waals surface area contributed by atoms with Crippen molar-refractivity contribution < 1.29 is 8.91 Å².